The maximum absolute atomic E-state index is 11.3. The first-order valence-corrected chi connectivity index (χ1v) is 6.57. The van der Waals surface area contributed by atoms with Gasteiger partial charge in [-0.2, -0.15) is 0 Å². The van der Waals surface area contributed by atoms with E-state index in [9.17, 15) is 4.79 Å². The Bertz CT molecular complexity index is 418. The number of rotatable bonds is 3. The average Bonchev–Trinajstić information content (AvgIpc) is 2.72. The number of carbonyl (C=O) groups excluding carboxylic acids is 1. The molecular weight excluding hydrogens is 282 g/mol. The summed E-state index contributed by atoms with van der Waals surface area (Å²) in [6, 6.07) is 8.20. The van der Waals surface area contributed by atoms with Gasteiger partial charge < -0.3 is 10.1 Å². The molecule has 1 aliphatic heterocycles. The SMILES string of the molecule is CCC1(C(C)c2ccc(Br)cc2)COC(=O)N1. The van der Waals surface area contributed by atoms with Gasteiger partial charge in [-0.3, -0.25) is 0 Å². The molecule has 1 N–H and O–H groups in total. The molecule has 1 aromatic carbocycles. The fourth-order valence-electron chi connectivity index (χ4n) is 2.27. The molecule has 2 unspecified atom stereocenters. The molecule has 0 radical (unpaired) electrons. The monoisotopic (exact) mass is 297 g/mol. The van der Waals surface area contributed by atoms with E-state index in [1.54, 1.807) is 0 Å². The van der Waals surface area contributed by atoms with Gasteiger partial charge in [-0.05, 0) is 24.1 Å². The van der Waals surface area contributed by atoms with Crippen molar-refractivity contribution < 1.29 is 9.53 Å². The van der Waals surface area contributed by atoms with Crippen molar-refractivity contribution in [3.8, 4) is 0 Å². The third-order valence-electron chi connectivity index (χ3n) is 3.64. The third-order valence-corrected chi connectivity index (χ3v) is 4.17. The van der Waals surface area contributed by atoms with Crippen molar-refractivity contribution in [2.45, 2.75) is 31.7 Å². The lowest BCUT2D eigenvalue weighted by molar-refractivity contribution is 0.168. The number of benzene rings is 1. The molecule has 4 heteroatoms. The van der Waals surface area contributed by atoms with Crippen LogP contribution in [0.4, 0.5) is 4.79 Å². The number of cyclic esters (lactones) is 1. The Morgan fingerprint density at radius 3 is 2.59 bits per heavy atom. The Balaban J connectivity index is 2.26. The van der Waals surface area contributed by atoms with Gasteiger partial charge >= 0.3 is 6.09 Å². The second-order valence-electron chi connectivity index (χ2n) is 4.48. The summed E-state index contributed by atoms with van der Waals surface area (Å²) < 4.78 is 6.13. The summed E-state index contributed by atoms with van der Waals surface area (Å²) in [7, 11) is 0. The predicted molar refractivity (Wildman–Crippen MR) is 70.1 cm³/mol. The van der Waals surface area contributed by atoms with Crippen molar-refractivity contribution in [1.82, 2.24) is 5.32 Å². The lowest BCUT2D eigenvalue weighted by atomic mass is 9.79. The van der Waals surface area contributed by atoms with Crippen LogP contribution in [0.2, 0.25) is 0 Å². The molecule has 0 aliphatic carbocycles. The summed E-state index contributed by atoms with van der Waals surface area (Å²) in [6.45, 7) is 4.64. The summed E-state index contributed by atoms with van der Waals surface area (Å²) in [4.78, 5) is 11.3. The summed E-state index contributed by atoms with van der Waals surface area (Å²) in [5.74, 6) is 0.229. The maximum Gasteiger partial charge on any atom is 0.407 e. The molecule has 1 heterocycles. The summed E-state index contributed by atoms with van der Waals surface area (Å²) in [5.41, 5.74) is 0.936. The minimum Gasteiger partial charge on any atom is -0.447 e. The molecule has 92 valence electrons. The van der Waals surface area contributed by atoms with Crippen molar-refractivity contribution in [3.05, 3.63) is 34.3 Å². The summed E-state index contributed by atoms with van der Waals surface area (Å²) in [5, 5.41) is 2.96. The van der Waals surface area contributed by atoms with E-state index in [1.165, 1.54) is 5.56 Å². The molecule has 1 aliphatic rings. The molecule has 1 aromatic rings. The fourth-order valence-corrected chi connectivity index (χ4v) is 2.53. The molecule has 2 atom stereocenters. The Morgan fingerprint density at radius 1 is 1.47 bits per heavy atom. The highest BCUT2D eigenvalue weighted by molar-refractivity contribution is 9.10. The number of hydrogen-bond donors (Lipinski definition) is 1. The highest BCUT2D eigenvalue weighted by Gasteiger charge is 2.43. The second-order valence-corrected chi connectivity index (χ2v) is 5.40. The lowest BCUT2D eigenvalue weighted by Gasteiger charge is -2.32. The Hall–Kier alpha value is -1.03. The van der Waals surface area contributed by atoms with E-state index in [-0.39, 0.29) is 17.6 Å². The van der Waals surface area contributed by atoms with Gasteiger partial charge in [0.25, 0.3) is 0 Å². The van der Waals surface area contributed by atoms with Gasteiger partial charge in [0.2, 0.25) is 0 Å². The number of nitrogens with one attached hydrogen (secondary N) is 1. The van der Waals surface area contributed by atoms with Gasteiger partial charge in [0.15, 0.2) is 0 Å². The van der Waals surface area contributed by atoms with E-state index in [4.69, 9.17) is 4.74 Å². The van der Waals surface area contributed by atoms with Gasteiger partial charge in [-0.15, -0.1) is 0 Å². The third kappa shape index (κ3) is 2.32. The highest BCUT2D eigenvalue weighted by atomic mass is 79.9. The quantitative estimate of drug-likeness (QED) is 0.928. The smallest absolute Gasteiger partial charge is 0.407 e. The van der Waals surface area contributed by atoms with Gasteiger partial charge in [0, 0.05) is 10.4 Å². The molecule has 0 saturated carbocycles. The Kier molecular flexibility index (Phi) is 3.43. The summed E-state index contributed by atoms with van der Waals surface area (Å²) in [6.07, 6.45) is 0.548. The molecule has 1 saturated heterocycles. The lowest BCUT2D eigenvalue weighted by Crippen LogP contribution is -2.47. The fraction of sp³-hybridized carbons (Fsp3) is 0.462. The van der Waals surface area contributed by atoms with Crippen LogP contribution in [0.5, 0.6) is 0 Å². The normalized spacial score (nSPS) is 25.2. The molecule has 17 heavy (non-hydrogen) atoms. The molecule has 1 amide bonds. The van der Waals surface area contributed by atoms with Gasteiger partial charge in [0.1, 0.15) is 6.61 Å². The number of amides is 1. The van der Waals surface area contributed by atoms with Crippen LogP contribution >= 0.6 is 15.9 Å². The maximum atomic E-state index is 11.3. The van der Waals surface area contributed by atoms with E-state index >= 15 is 0 Å². The average molecular weight is 298 g/mol. The van der Waals surface area contributed by atoms with Crippen LogP contribution < -0.4 is 5.32 Å². The number of ether oxygens (including phenoxy) is 1. The zero-order valence-corrected chi connectivity index (χ0v) is 11.6. The van der Waals surface area contributed by atoms with E-state index in [2.05, 4.69) is 47.2 Å². The van der Waals surface area contributed by atoms with Crippen LogP contribution in [-0.4, -0.2) is 18.2 Å². The number of hydrogen-bond acceptors (Lipinski definition) is 2. The van der Waals surface area contributed by atoms with Crippen molar-refractivity contribution in [1.29, 1.82) is 0 Å². The molecule has 0 aromatic heterocycles. The van der Waals surface area contributed by atoms with Crippen LogP contribution in [0.25, 0.3) is 0 Å². The molecular formula is C13H16BrNO2. The van der Waals surface area contributed by atoms with Crippen LogP contribution in [0.1, 0.15) is 31.7 Å². The van der Waals surface area contributed by atoms with Crippen LogP contribution in [0.3, 0.4) is 0 Å². The van der Waals surface area contributed by atoms with Crippen molar-refractivity contribution in [2.75, 3.05) is 6.61 Å². The summed E-state index contributed by atoms with van der Waals surface area (Å²) >= 11 is 3.42. The van der Waals surface area contributed by atoms with Crippen molar-refractivity contribution in [2.24, 2.45) is 0 Å². The van der Waals surface area contributed by atoms with Crippen molar-refractivity contribution >= 4 is 22.0 Å². The number of carbonyl (C=O) groups is 1. The Labute approximate surface area is 110 Å². The second kappa shape index (κ2) is 4.69. The van der Waals surface area contributed by atoms with Crippen LogP contribution in [0.15, 0.2) is 28.7 Å². The zero-order chi connectivity index (χ0) is 12.5. The number of halogens is 1. The highest BCUT2D eigenvalue weighted by Crippen LogP contribution is 2.34. The zero-order valence-electron chi connectivity index (χ0n) is 10.00. The molecule has 0 spiro atoms. The standard InChI is InChI=1S/C13H16BrNO2/c1-3-13(8-17-12(16)15-13)9(2)10-4-6-11(14)7-5-10/h4-7,9H,3,8H2,1-2H3,(H,15,16). The van der Waals surface area contributed by atoms with Gasteiger partial charge in [-0.1, -0.05) is 41.9 Å². The van der Waals surface area contributed by atoms with Gasteiger partial charge in [-0.25, -0.2) is 4.79 Å². The largest absolute Gasteiger partial charge is 0.447 e. The van der Waals surface area contributed by atoms with Gasteiger partial charge in [0.05, 0.1) is 5.54 Å². The number of alkyl carbamates (subject to hydrolysis) is 1. The minimum absolute atomic E-state index is 0.229. The first kappa shape index (κ1) is 12.4. The van der Waals surface area contributed by atoms with E-state index in [0.717, 1.165) is 10.9 Å². The first-order chi connectivity index (χ1) is 8.07. The minimum atomic E-state index is -0.309. The predicted octanol–water partition coefficient (Wildman–Crippen LogP) is 3.44. The van der Waals surface area contributed by atoms with Crippen molar-refractivity contribution in [3.63, 3.8) is 0 Å². The topological polar surface area (TPSA) is 38.3 Å². The van der Waals surface area contributed by atoms with E-state index in [1.807, 2.05) is 12.1 Å². The molecule has 3 nitrogen and oxygen atoms in total. The van der Waals surface area contributed by atoms with Crippen LogP contribution in [0, 0.1) is 0 Å². The van der Waals surface area contributed by atoms with E-state index < -0.39 is 0 Å². The molecule has 1 fully saturated rings. The molecule has 2 rings (SSSR count). The first-order valence-electron chi connectivity index (χ1n) is 5.78. The Morgan fingerprint density at radius 2 is 2.12 bits per heavy atom. The van der Waals surface area contributed by atoms with E-state index in [0.29, 0.717) is 6.61 Å². The molecule has 0 bridgehead atoms. The van der Waals surface area contributed by atoms with Crippen LogP contribution in [-0.2, 0) is 4.74 Å².